The van der Waals surface area contributed by atoms with Gasteiger partial charge in [0.2, 0.25) is 21.7 Å². The Hall–Kier alpha value is -3.44. The molecular formula is C18H15ClN6O4S. The Kier molecular flexibility index (Phi) is 6.04. The summed E-state index contributed by atoms with van der Waals surface area (Å²) in [6, 6.07) is 9.28. The van der Waals surface area contributed by atoms with E-state index in [2.05, 4.69) is 30.6 Å². The highest BCUT2D eigenvalue weighted by molar-refractivity contribution is 7.90. The summed E-state index contributed by atoms with van der Waals surface area (Å²) in [6.45, 7) is 1.32. The number of hydrogen-bond acceptors (Lipinski definition) is 8. The lowest BCUT2D eigenvalue weighted by atomic mass is 10.2. The minimum Gasteiger partial charge on any atom is -0.326 e. The third-order valence-corrected chi connectivity index (χ3v) is 4.77. The second-order valence-electron chi connectivity index (χ2n) is 6.08. The minimum atomic E-state index is -3.80. The van der Waals surface area contributed by atoms with Gasteiger partial charge in [-0.3, -0.25) is 19.9 Å². The third kappa shape index (κ3) is 5.13. The highest BCUT2D eigenvalue weighted by atomic mass is 35.5. The second kappa shape index (κ2) is 8.51. The van der Waals surface area contributed by atoms with E-state index >= 15 is 0 Å². The molecule has 12 heteroatoms. The first-order valence-electron chi connectivity index (χ1n) is 8.39. The molecule has 0 saturated carbocycles. The monoisotopic (exact) mass is 446 g/mol. The molecule has 0 unspecified atom stereocenters. The lowest BCUT2D eigenvalue weighted by Crippen LogP contribution is -2.18. The number of aromatic nitrogens is 4. The van der Waals surface area contributed by atoms with E-state index < -0.39 is 20.9 Å². The molecule has 2 N–H and O–H groups in total. The fourth-order valence-electron chi connectivity index (χ4n) is 2.34. The van der Waals surface area contributed by atoms with Crippen LogP contribution < -0.4 is 10.6 Å². The van der Waals surface area contributed by atoms with Gasteiger partial charge in [0.05, 0.1) is 10.6 Å². The number of carbonyl (C=O) groups excluding carboxylic acids is 2. The first kappa shape index (κ1) is 21.3. The van der Waals surface area contributed by atoms with Crippen molar-refractivity contribution < 1.29 is 18.0 Å². The molecule has 3 rings (SSSR count). The van der Waals surface area contributed by atoms with E-state index in [1.54, 1.807) is 18.2 Å². The third-order valence-electron chi connectivity index (χ3n) is 3.60. The SMILES string of the molecule is CC(=O)Nc1ccc(Cl)c(C(=O)Nc2nc(-c3ccccn3)nc(S(C)(=O)=O)n2)c1. The van der Waals surface area contributed by atoms with Gasteiger partial charge in [-0.15, -0.1) is 0 Å². The van der Waals surface area contributed by atoms with Gasteiger partial charge in [0, 0.05) is 25.1 Å². The highest BCUT2D eigenvalue weighted by Gasteiger charge is 2.19. The number of hydrogen-bond donors (Lipinski definition) is 2. The van der Waals surface area contributed by atoms with Gasteiger partial charge < -0.3 is 5.32 Å². The van der Waals surface area contributed by atoms with Crippen LogP contribution in [0.2, 0.25) is 5.02 Å². The van der Waals surface area contributed by atoms with Crippen LogP contribution in [0.3, 0.4) is 0 Å². The summed E-state index contributed by atoms with van der Waals surface area (Å²) in [5, 5.41) is 4.55. The van der Waals surface area contributed by atoms with Crippen molar-refractivity contribution in [3.63, 3.8) is 0 Å². The van der Waals surface area contributed by atoms with Crippen molar-refractivity contribution in [1.29, 1.82) is 0 Å². The van der Waals surface area contributed by atoms with Crippen LogP contribution in [0.15, 0.2) is 47.8 Å². The van der Waals surface area contributed by atoms with Gasteiger partial charge in [-0.1, -0.05) is 17.7 Å². The van der Waals surface area contributed by atoms with Crippen LogP contribution in [-0.4, -0.2) is 46.4 Å². The highest BCUT2D eigenvalue weighted by Crippen LogP contribution is 2.22. The zero-order valence-corrected chi connectivity index (χ0v) is 17.3. The summed E-state index contributed by atoms with van der Waals surface area (Å²) in [5.74, 6) is -1.35. The van der Waals surface area contributed by atoms with Crippen LogP contribution in [0, 0.1) is 0 Å². The molecule has 0 spiro atoms. The molecule has 2 aromatic heterocycles. The number of nitrogens with one attached hydrogen (secondary N) is 2. The number of pyridine rings is 1. The minimum absolute atomic E-state index is 0.0283. The number of rotatable bonds is 5. The van der Waals surface area contributed by atoms with E-state index in [4.69, 9.17) is 11.6 Å². The van der Waals surface area contributed by atoms with Gasteiger partial charge in [-0.2, -0.15) is 15.0 Å². The second-order valence-corrected chi connectivity index (χ2v) is 8.40. The molecule has 0 aliphatic carbocycles. The zero-order chi connectivity index (χ0) is 21.9. The summed E-state index contributed by atoms with van der Waals surface area (Å²) in [4.78, 5) is 39.9. The Morgan fingerprint density at radius 3 is 2.43 bits per heavy atom. The number of anilines is 2. The van der Waals surface area contributed by atoms with Crippen molar-refractivity contribution in [3.8, 4) is 11.5 Å². The van der Waals surface area contributed by atoms with Gasteiger partial charge in [-0.05, 0) is 30.3 Å². The molecule has 0 radical (unpaired) electrons. The number of halogens is 1. The van der Waals surface area contributed by atoms with Gasteiger partial charge in [0.1, 0.15) is 5.69 Å². The van der Waals surface area contributed by atoms with E-state index in [1.165, 1.54) is 31.3 Å². The Morgan fingerprint density at radius 2 is 1.80 bits per heavy atom. The van der Waals surface area contributed by atoms with Crippen LogP contribution in [-0.2, 0) is 14.6 Å². The summed E-state index contributed by atoms with van der Waals surface area (Å²) in [7, 11) is -3.80. The Balaban J connectivity index is 2.00. The van der Waals surface area contributed by atoms with E-state index in [0.717, 1.165) is 6.26 Å². The summed E-state index contributed by atoms with van der Waals surface area (Å²) < 4.78 is 24.0. The quantitative estimate of drug-likeness (QED) is 0.606. The van der Waals surface area contributed by atoms with Gasteiger partial charge >= 0.3 is 0 Å². The Bertz CT molecular complexity index is 1230. The summed E-state index contributed by atoms with van der Waals surface area (Å²) in [6.07, 6.45) is 2.43. The van der Waals surface area contributed by atoms with Crippen molar-refractivity contribution in [1.82, 2.24) is 19.9 Å². The molecular weight excluding hydrogens is 432 g/mol. The maximum atomic E-state index is 12.7. The molecule has 0 atom stereocenters. The average molecular weight is 447 g/mol. The number of sulfone groups is 1. The standard InChI is InChI=1S/C18H15ClN6O4S/c1-10(26)21-11-6-7-13(19)12(9-11)16(27)24-17-22-15(14-5-3-4-8-20-14)23-18(25-17)30(2,28)29/h3-9H,1-2H3,(H,21,26)(H,22,23,24,25,27). The molecule has 0 aliphatic heterocycles. The molecule has 154 valence electrons. The number of nitrogens with zero attached hydrogens (tertiary/aromatic N) is 4. The number of benzene rings is 1. The fraction of sp³-hybridized carbons (Fsp3) is 0.111. The van der Waals surface area contributed by atoms with E-state index in [0.29, 0.717) is 11.4 Å². The molecule has 0 bridgehead atoms. The average Bonchev–Trinajstić information content (AvgIpc) is 2.69. The van der Waals surface area contributed by atoms with E-state index in [1.807, 2.05) is 0 Å². The van der Waals surface area contributed by atoms with Crippen molar-refractivity contribution in [2.45, 2.75) is 12.1 Å². The molecule has 3 aromatic rings. The molecule has 30 heavy (non-hydrogen) atoms. The van der Waals surface area contributed by atoms with E-state index in [-0.39, 0.29) is 28.3 Å². The lowest BCUT2D eigenvalue weighted by molar-refractivity contribution is -0.114. The van der Waals surface area contributed by atoms with E-state index in [9.17, 15) is 18.0 Å². The van der Waals surface area contributed by atoms with Crippen molar-refractivity contribution in [3.05, 3.63) is 53.2 Å². The topological polar surface area (TPSA) is 144 Å². The summed E-state index contributed by atoms with van der Waals surface area (Å²) in [5.41, 5.74) is 0.688. The maximum Gasteiger partial charge on any atom is 0.259 e. The number of carbonyl (C=O) groups is 2. The summed E-state index contributed by atoms with van der Waals surface area (Å²) >= 11 is 6.09. The van der Waals surface area contributed by atoms with Gasteiger partial charge in [0.25, 0.3) is 11.1 Å². The molecule has 2 heterocycles. The number of amides is 2. The van der Waals surface area contributed by atoms with Crippen LogP contribution in [0.25, 0.3) is 11.5 Å². The van der Waals surface area contributed by atoms with Gasteiger partial charge in [-0.25, -0.2) is 8.42 Å². The molecule has 0 saturated heterocycles. The van der Waals surface area contributed by atoms with Crippen LogP contribution in [0.1, 0.15) is 17.3 Å². The van der Waals surface area contributed by atoms with Crippen LogP contribution >= 0.6 is 11.6 Å². The van der Waals surface area contributed by atoms with Crippen LogP contribution in [0.4, 0.5) is 11.6 Å². The molecule has 0 aliphatic rings. The largest absolute Gasteiger partial charge is 0.326 e. The molecule has 2 amide bonds. The first-order valence-corrected chi connectivity index (χ1v) is 10.7. The van der Waals surface area contributed by atoms with Crippen LogP contribution in [0.5, 0.6) is 0 Å². The van der Waals surface area contributed by atoms with Crippen molar-refractivity contribution in [2.75, 3.05) is 16.9 Å². The maximum absolute atomic E-state index is 12.7. The fourth-order valence-corrected chi connectivity index (χ4v) is 3.04. The molecule has 1 aromatic carbocycles. The Morgan fingerprint density at radius 1 is 1.03 bits per heavy atom. The normalized spacial score (nSPS) is 11.0. The van der Waals surface area contributed by atoms with Crippen molar-refractivity contribution >= 4 is 44.9 Å². The first-order chi connectivity index (χ1) is 14.1. The molecule has 0 fully saturated rings. The Labute approximate surface area is 176 Å². The predicted octanol–water partition coefficient (Wildman–Crippen LogP) is 2.20. The van der Waals surface area contributed by atoms with Crippen molar-refractivity contribution in [2.24, 2.45) is 0 Å². The lowest BCUT2D eigenvalue weighted by Gasteiger charge is -2.10. The zero-order valence-electron chi connectivity index (χ0n) is 15.7. The molecule has 10 nitrogen and oxygen atoms in total. The predicted molar refractivity (Wildman–Crippen MR) is 110 cm³/mol. The smallest absolute Gasteiger partial charge is 0.259 e. The van der Waals surface area contributed by atoms with Gasteiger partial charge in [0.15, 0.2) is 5.82 Å².